The van der Waals surface area contributed by atoms with Gasteiger partial charge in [-0.15, -0.1) is 0 Å². The molecule has 160 valence electrons. The Morgan fingerprint density at radius 1 is 0.839 bits per heavy atom. The van der Waals surface area contributed by atoms with E-state index in [-0.39, 0.29) is 21.8 Å². The summed E-state index contributed by atoms with van der Waals surface area (Å²) < 4.78 is 86.5. The van der Waals surface area contributed by atoms with Gasteiger partial charge in [0.05, 0.1) is 12.0 Å². The number of alkyl halides is 6. The molecule has 0 atom stereocenters. The molecule has 0 aliphatic rings. The Labute approximate surface area is 171 Å². The van der Waals surface area contributed by atoms with Crippen LogP contribution in [0.4, 0.5) is 26.3 Å². The maximum absolute atomic E-state index is 13.7. The average molecular weight is 438 g/mol. The van der Waals surface area contributed by atoms with Crippen LogP contribution in [-0.2, 0) is 12.4 Å². The van der Waals surface area contributed by atoms with Crippen molar-refractivity contribution >= 4 is 0 Å². The molecule has 0 saturated carbocycles. The molecule has 4 rings (SSSR count). The van der Waals surface area contributed by atoms with Gasteiger partial charge in [0.1, 0.15) is 5.69 Å². The van der Waals surface area contributed by atoms with Crippen LogP contribution in [0.25, 0.3) is 28.7 Å². The Hall–Kier alpha value is -3.63. The van der Waals surface area contributed by atoms with Gasteiger partial charge in [0.15, 0.2) is 17.1 Å². The predicted octanol–water partition coefficient (Wildman–Crippen LogP) is 5.94. The second-order valence-corrected chi connectivity index (χ2v) is 6.60. The lowest BCUT2D eigenvalue weighted by Gasteiger charge is -2.12. The van der Waals surface area contributed by atoms with Crippen molar-refractivity contribution in [1.29, 1.82) is 0 Å². The summed E-state index contributed by atoms with van der Waals surface area (Å²) in [4.78, 5) is 7.15. The summed E-state index contributed by atoms with van der Waals surface area (Å²) in [5.74, 6) is -0.944. The lowest BCUT2D eigenvalue weighted by molar-refractivity contribution is -0.143. The maximum atomic E-state index is 13.7. The van der Waals surface area contributed by atoms with Gasteiger partial charge in [-0.3, -0.25) is 0 Å². The van der Waals surface area contributed by atoms with Crippen LogP contribution in [-0.4, -0.2) is 19.7 Å². The smallest absolute Gasteiger partial charge is 0.433 e. The van der Waals surface area contributed by atoms with Crippen LogP contribution in [0, 0.1) is 6.92 Å². The summed E-state index contributed by atoms with van der Waals surface area (Å²) in [7, 11) is 0. The number of nitrogens with zero attached hydrogens (tertiary/aromatic N) is 4. The molecule has 0 spiro atoms. The fourth-order valence-corrected chi connectivity index (χ4v) is 2.83. The lowest BCUT2D eigenvalue weighted by Crippen LogP contribution is -2.18. The van der Waals surface area contributed by atoms with Crippen molar-refractivity contribution in [2.24, 2.45) is 0 Å². The highest BCUT2D eigenvalue weighted by molar-refractivity contribution is 5.61. The van der Waals surface area contributed by atoms with Gasteiger partial charge in [-0.25, -0.2) is 9.97 Å². The number of halogens is 6. The van der Waals surface area contributed by atoms with Crippen molar-refractivity contribution in [1.82, 2.24) is 19.7 Å². The van der Waals surface area contributed by atoms with Crippen molar-refractivity contribution < 1.29 is 30.8 Å². The number of rotatable bonds is 3. The van der Waals surface area contributed by atoms with Gasteiger partial charge in [0, 0.05) is 5.56 Å². The highest BCUT2D eigenvalue weighted by Gasteiger charge is 2.39. The van der Waals surface area contributed by atoms with Crippen LogP contribution >= 0.6 is 0 Å². The molecule has 0 N–H and O–H groups in total. The molecule has 0 unspecified atom stereocenters. The molecule has 5 nitrogen and oxygen atoms in total. The second-order valence-electron chi connectivity index (χ2n) is 6.60. The molecule has 3 aromatic heterocycles. The summed E-state index contributed by atoms with van der Waals surface area (Å²) in [6.45, 7) is 1.80. The van der Waals surface area contributed by atoms with Crippen LogP contribution < -0.4 is 0 Å². The fraction of sp³-hybridized carbons (Fsp3) is 0.150. The van der Waals surface area contributed by atoms with E-state index in [4.69, 9.17) is 4.42 Å². The highest BCUT2D eigenvalue weighted by Crippen LogP contribution is 2.35. The zero-order valence-corrected chi connectivity index (χ0v) is 15.7. The zero-order chi connectivity index (χ0) is 22.4. The average Bonchev–Trinajstić information content (AvgIpc) is 3.37. The maximum Gasteiger partial charge on any atom is 0.433 e. The van der Waals surface area contributed by atoms with E-state index in [9.17, 15) is 26.3 Å². The number of hydrogen-bond donors (Lipinski definition) is 0. The summed E-state index contributed by atoms with van der Waals surface area (Å²) in [6.07, 6.45) is -8.64. The van der Waals surface area contributed by atoms with Gasteiger partial charge < -0.3 is 4.42 Å². The largest absolute Gasteiger partial charge is 0.463 e. The minimum Gasteiger partial charge on any atom is -0.463 e. The third kappa shape index (κ3) is 4.16. The monoisotopic (exact) mass is 438 g/mol. The van der Waals surface area contributed by atoms with E-state index >= 15 is 0 Å². The van der Waals surface area contributed by atoms with Crippen molar-refractivity contribution in [3.63, 3.8) is 0 Å². The Morgan fingerprint density at radius 3 is 2.13 bits per heavy atom. The number of furan rings is 1. The van der Waals surface area contributed by atoms with E-state index in [0.717, 1.165) is 11.6 Å². The number of aryl methyl sites for hydroxylation is 1. The van der Waals surface area contributed by atoms with Gasteiger partial charge in [-0.1, -0.05) is 29.8 Å². The molecule has 0 aliphatic heterocycles. The Morgan fingerprint density at radius 2 is 1.55 bits per heavy atom. The van der Waals surface area contributed by atoms with Gasteiger partial charge in [0.2, 0.25) is 0 Å². The number of benzene rings is 1. The standard InChI is InChI=1S/C20H12F6N4O/c1-11-4-6-12(7-5-11)13-10-17(20(24,25)26)30(29-13)18-27-14(15-3-2-8-31-15)9-16(28-18)19(21,22)23/h2-10H,1H3. The van der Waals surface area contributed by atoms with Crippen LogP contribution in [0.2, 0.25) is 0 Å². The molecule has 1 aromatic carbocycles. The molecule has 0 fully saturated rings. The normalized spacial score (nSPS) is 12.4. The van der Waals surface area contributed by atoms with Gasteiger partial charge in [-0.2, -0.15) is 36.1 Å². The minimum atomic E-state index is -4.93. The van der Waals surface area contributed by atoms with Gasteiger partial charge >= 0.3 is 12.4 Å². The number of hydrogen-bond acceptors (Lipinski definition) is 4. The van der Waals surface area contributed by atoms with E-state index in [1.165, 1.54) is 18.4 Å². The first kappa shape index (κ1) is 20.6. The molecular formula is C20H12F6N4O. The van der Waals surface area contributed by atoms with E-state index in [1.54, 1.807) is 31.2 Å². The van der Waals surface area contributed by atoms with E-state index in [1.807, 2.05) is 0 Å². The summed E-state index contributed by atoms with van der Waals surface area (Å²) in [5.41, 5.74) is -1.93. The molecule has 3 heterocycles. The highest BCUT2D eigenvalue weighted by atomic mass is 19.4. The third-order valence-corrected chi connectivity index (χ3v) is 4.31. The topological polar surface area (TPSA) is 56.7 Å². The minimum absolute atomic E-state index is 0.0615. The molecule has 11 heteroatoms. The fourth-order valence-electron chi connectivity index (χ4n) is 2.83. The first-order valence-electron chi connectivity index (χ1n) is 8.77. The van der Waals surface area contributed by atoms with Gasteiger partial charge in [-0.05, 0) is 31.2 Å². The van der Waals surface area contributed by atoms with E-state index in [2.05, 4.69) is 15.1 Å². The zero-order valence-electron chi connectivity index (χ0n) is 15.7. The third-order valence-electron chi connectivity index (χ3n) is 4.31. The summed E-state index contributed by atoms with van der Waals surface area (Å²) in [5, 5.41) is 3.87. The molecule has 0 amide bonds. The first-order chi connectivity index (χ1) is 14.5. The van der Waals surface area contributed by atoms with Crippen LogP contribution in [0.1, 0.15) is 17.0 Å². The Kier molecular flexibility index (Phi) is 4.83. The second kappa shape index (κ2) is 7.25. The lowest BCUT2D eigenvalue weighted by atomic mass is 10.1. The van der Waals surface area contributed by atoms with Crippen molar-refractivity contribution in [2.45, 2.75) is 19.3 Å². The number of aromatic nitrogens is 4. The summed E-state index contributed by atoms with van der Waals surface area (Å²) in [6, 6.07) is 10.6. The molecule has 0 aliphatic carbocycles. The van der Waals surface area contributed by atoms with Gasteiger partial charge in [0.25, 0.3) is 5.95 Å². The first-order valence-corrected chi connectivity index (χ1v) is 8.77. The van der Waals surface area contributed by atoms with Crippen molar-refractivity contribution in [2.75, 3.05) is 0 Å². The molecule has 0 radical (unpaired) electrons. The summed E-state index contributed by atoms with van der Waals surface area (Å²) >= 11 is 0. The molecule has 0 bridgehead atoms. The SMILES string of the molecule is Cc1ccc(-c2cc(C(F)(F)F)n(-c3nc(-c4ccco4)cc(C(F)(F)F)n3)n2)cc1. The Balaban J connectivity index is 1.94. The quantitative estimate of drug-likeness (QED) is 0.372. The van der Waals surface area contributed by atoms with Crippen LogP contribution in [0.5, 0.6) is 0 Å². The van der Waals surface area contributed by atoms with Crippen molar-refractivity contribution in [3.8, 4) is 28.7 Å². The van der Waals surface area contributed by atoms with E-state index < -0.39 is 29.7 Å². The molecule has 31 heavy (non-hydrogen) atoms. The molecular weight excluding hydrogens is 426 g/mol. The Bertz CT molecular complexity index is 1210. The molecule has 0 saturated heterocycles. The van der Waals surface area contributed by atoms with Crippen LogP contribution in [0.15, 0.2) is 59.2 Å². The van der Waals surface area contributed by atoms with Crippen molar-refractivity contribution in [3.05, 3.63) is 71.7 Å². The van der Waals surface area contributed by atoms with Crippen LogP contribution in [0.3, 0.4) is 0 Å². The van der Waals surface area contributed by atoms with E-state index in [0.29, 0.717) is 11.6 Å². The predicted molar refractivity (Wildman–Crippen MR) is 97.0 cm³/mol. The molecule has 4 aromatic rings.